The SMILES string of the molecule is CC(N)C(Sc1nccs1)c1ccco1. The molecule has 0 aliphatic carbocycles. The zero-order chi connectivity index (χ0) is 10.7. The number of furan rings is 1. The third-order valence-electron chi connectivity index (χ3n) is 1.94. The molecule has 2 aromatic heterocycles. The van der Waals surface area contributed by atoms with Crippen molar-refractivity contribution in [1.82, 2.24) is 4.98 Å². The number of rotatable bonds is 4. The monoisotopic (exact) mass is 240 g/mol. The Balaban J connectivity index is 2.14. The molecule has 2 N–H and O–H groups in total. The molecule has 2 atom stereocenters. The topological polar surface area (TPSA) is 52.0 Å². The normalized spacial score (nSPS) is 15.1. The second-order valence-electron chi connectivity index (χ2n) is 3.21. The van der Waals surface area contributed by atoms with E-state index in [1.54, 1.807) is 35.6 Å². The fraction of sp³-hybridized carbons (Fsp3) is 0.300. The van der Waals surface area contributed by atoms with Gasteiger partial charge in [-0.3, -0.25) is 0 Å². The lowest BCUT2D eigenvalue weighted by Crippen LogP contribution is -2.22. The van der Waals surface area contributed by atoms with Crippen LogP contribution in [0.4, 0.5) is 0 Å². The van der Waals surface area contributed by atoms with E-state index in [0.717, 1.165) is 10.1 Å². The van der Waals surface area contributed by atoms with Crippen LogP contribution in [0.25, 0.3) is 0 Å². The van der Waals surface area contributed by atoms with E-state index in [0.29, 0.717) is 0 Å². The van der Waals surface area contributed by atoms with Crippen molar-refractivity contribution in [3.8, 4) is 0 Å². The average Bonchev–Trinajstić information content (AvgIpc) is 2.87. The number of nitrogens with two attached hydrogens (primary N) is 1. The van der Waals surface area contributed by atoms with Crippen LogP contribution in [0.1, 0.15) is 17.9 Å². The molecule has 0 radical (unpaired) electrons. The van der Waals surface area contributed by atoms with Crippen molar-refractivity contribution in [3.63, 3.8) is 0 Å². The minimum Gasteiger partial charge on any atom is -0.468 e. The number of aromatic nitrogens is 1. The molecular formula is C10H12N2OS2. The predicted molar refractivity (Wildman–Crippen MR) is 63.1 cm³/mol. The largest absolute Gasteiger partial charge is 0.468 e. The van der Waals surface area contributed by atoms with Crippen LogP contribution in [0.2, 0.25) is 0 Å². The van der Waals surface area contributed by atoms with Gasteiger partial charge in [-0.1, -0.05) is 11.8 Å². The van der Waals surface area contributed by atoms with Gasteiger partial charge in [0.25, 0.3) is 0 Å². The highest BCUT2D eigenvalue weighted by molar-refractivity contribution is 8.01. The smallest absolute Gasteiger partial charge is 0.150 e. The van der Waals surface area contributed by atoms with Gasteiger partial charge in [0.1, 0.15) is 5.76 Å². The van der Waals surface area contributed by atoms with Gasteiger partial charge >= 0.3 is 0 Å². The van der Waals surface area contributed by atoms with Crippen LogP contribution in [0.3, 0.4) is 0 Å². The summed E-state index contributed by atoms with van der Waals surface area (Å²) >= 11 is 3.27. The Bertz CT molecular complexity index is 383. The second kappa shape index (κ2) is 4.83. The first-order valence-electron chi connectivity index (χ1n) is 4.62. The summed E-state index contributed by atoms with van der Waals surface area (Å²) in [6, 6.07) is 3.87. The predicted octanol–water partition coefficient (Wildman–Crippen LogP) is 2.92. The zero-order valence-electron chi connectivity index (χ0n) is 8.29. The molecule has 2 unspecified atom stereocenters. The van der Waals surface area contributed by atoms with Crippen molar-refractivity contribution in [2.45, 2.75) is 22.6 Å². The van der Waals surface area contributed by atoms with E-state index in [1.807, 2.05) is 24.4 Å². The van der Waals surface area contributed by atoms with Gasteiger partial charge in [-0.15, -0.1) is 11.3 Å². The standard InChI is InChI=1S/C10H12N2OS2/c1-7(11)9(8-3-2-5-13-8)15-10-12-4-6-14-10/h2-7,9H,11H2,1H3. The summed E-state index contributed by atoms with van der Waals surface area (Å²) in [7, 11) is 0. The van der Waals surface area contributed by atoms with E-state index in [4.69, 9.17) is 10.2 Å². The van der Waals surface area contributed by atoms with Gasteiger partial charge < -0.3 is 10.2 Å². The summed E-state index contributed by atoms with van der Waals surface area (Å²) < 4.78 is 6.40. The number of thioether (sulfide) groups is 1. The van der Waals surface area contributed by atoms with Crippen LogP contribution >= 0.6 is 23.1 Å². The highest BCUT2D eigenvalue weighted by Crippen LogP contribution is 2.37. The van der Waals surface area contributed by atoms with E-state index < -0.39 is 0 Å². The van der Waals surface area contributed by atoms with Crippen molar-refractivity contribution in [2.75, 3.05) is 0 Å². The molecule has 80 valence electrons. The molecule has 15 heavy (non-hydrogen) atoms. The van der Waals surface area contributed by atoms with E-state index >= 15 is 0 Å². The molecule has 0 aliphatic rings. The van der Waals surface area contributed by atoms with Crippen LogP contribution in [0.15, 0.2) is 38.7 Å². The first-order valence-corrected chi connectivity index (χ1v) is 6.38. The molecule has 2 aromatic rings. The molecule has 0 bridgehead atoms. The molecule has 2 rings (SSSR count). The highest BCUT2D eigenvalue weighted by atomic mass is 32.2. The molecule has 0 amide bonds. The van der Waals surface area contributed by atoms with E-state index in [2.05, 4.69) is 4.98 Å². The number of hydrogen-bond acceptors (Lipinski definition) is 5. The lowest BCUT2D eigenvalue weighted by atomic mass is 10.2. The second-order valence-corrected chi connectivity index (χ2v) is 5.49. The van der Waals surface area contributed by atoms with Gasteiger partial charge in [0.2, 0.25) is 0 Å². The Morgan fingerprint density at radius 2 is 2.47 bits per heavy atom. The fourth-order valence-corrected chi connectivity index (χ4v) is 3.12. The first-order chi connectivity index (χ1) is 7.27. The summed E-state index contributed by atoms with van der Waals surface area (Å²) in [5, 5.41) is 2.09. The van der Waals surface area contributed by atoms with Crippen LogP contribution < -0.4 is 5.73 Å². The van der Waals surface area contributed by atoms with Crippen molar-refractivity contribution in [2.24, 2.45) is 5.73 Å². The molecule has 5 heteroatoms. The summed E-state index contributed by atoms with van der Waals surface area (Å²) in [6.45, 7) is 1.98. The summed E-state index contributed by atoms with van der Waals surface area (Å²) in [6.07, 6.45) is 3.47. The van der Waals surface area contributed by atoms with Crippen LogP contribution in [0.5, 0.6) is 0 Å². The van der Waals surface area contributed by atoms with Gasteiger partial charge in [-0.25, -0.2) is 4.98 Å². The highest BCUT2D eigenvalue weighted by Gasteiger charge is 2.21. The Hall–Kier alpha value is -0.780. The third-order valence-corrected chi connectivity index (χ3v) is 4.30. The van der Waals surface area contributed by atoms with Crippen LogP contribution in [-0.4, -0.2) is 11.0 Å². The Kier molecular flexibility index (Phi) is 3.45. The molecule has 0 aliphatic heterocycles. The van der Waals surface area contributed by atoms with Crippen LogP contribution in [-0.2, 0) is 0 Å². The van der Waals surface area contributed by atoms with Gasteiger partial charge in [-0.05, 0) is 19.1 Å². The maximum Gasteiger partial charge on any atom is 0.150 e. The van der Waals surface area contributed by atoms with Gasteiger partial charge in [0.05, 0.1) is 11.5 Å². The molecule has 3 nitrogen and oxygen atoms in total. The number of hydrogen-bond donors (Lipinski definition) is 1. The molecule has 0 saturated carbocycles. The Labute approximate surface area is 96.7 Å². The van der Waals surface area contributed by atoms with Crippen molar-refractivity contribution < 1.29 is 4.42 Å². The van der Waals surface area contributed by atoms with Gasteiger partial charge in [0, 0.05) is 17.6 Å². The van der Waals surface area contributed by atoms with E-state index in [1.165, 1.54) is 0 Å². The Morgan fingerprint density at radius 1 is 1.60 bits per heavy atom. The average molecular weight is 240 g/mol. The molecule has 0 spiro atoms. The summed E-state index contributed by atoms with van der Waals surface area (Å²) in [4.78, 5) is 4.23. The van der Waals surface area contributed by atoms with Crippen molar-refractivity contribution in [3.05, 3.63) is 35.7 Å². The Morgan fingerprint density at radius 3 is 3.00 bits per heavy atom. The van der Waals surface area contributed by atoms with Crippen molar-refractivity contribution >= 4 is 23.1 Å². The third kappa shape index (κ3) is 2.62. The summed E-state index contributed by atoms with van der Waals surface area (Å²) in [5.74, 6) is 0.908. The lowest BCUT2D eigenvalue weighted by molar-refractivity contribution is 0.486. The molecule has 0 saturated heterocycles. The van der Waals surface area contributed by atoms with Crippen LogP contribution in [0, 0.1) is 0 Å². The van der Waals surface area contributed by atoms with Gasteiger partial charge in [-0.2, -0.15) is 0 Å². The molecule has 0 fully saturated rings. The maximum atomic E-state index is 5.94. The first kappa shape index (κ1) is 10.7. The molecule has 0 aromatic carbocycles. The minimum absolute atomic E-state index is 0.0325. The molecule has 2 heterocycles. The van der Waals surface area contributed by atoms with Gasteiger partial charge in [0.15, 0.2) is 4.34 Å². The van der Waals surface area contributed by atoms with E-state index in [-0.39, 0.29) is 11.3 Å². The maximum absolute atomic E-state index is 5.94. The minimum atomic E-state index is 0.0325. The van der Waals surface area contributed by atoms with Crippen molar-refractivity contribution in [1.29, 1.82) is 0 Å². The molecular weight excluding hydrogens is 228 g/mol. The number of nitrogens with zero attached hydrogens (tertiary/aromatic N) is 1. The van der Waals surface area contributed by atoms with E-state index in [9.17, 15) is 0 Å². The number of thiazole rings is 1. The quantitative estimate of drug-likeness (QED) is 0.835. The zero-order valence-corrected chi connectivity index (χ0v) is 9.92. The fourth-order valence-electron chi connectivity index (χ4n) is 1.25. The summed E-state index contributed by atoms with van der Waals surface area (Å²) in [5.41, 5.74) is 5.94. The lowest BCUT2D eigenvalue weighted by Gasteiger charge is -2.16.